The highest BCUT2D eigenvalue weighted by Gasteiger charge is 2.39. The summed E-state index contributed by atoms with van der Waals surface area (Å²) in [5, 5.41) is 0. The number of ether oxygens (including phenoxy) is 1. The molecular formula is C10H21N3O3S. The van der Waals surface area contributed by atoms with Crippen LogP contribution in [0, 0.1) is 0 Å². The van der Waals surface area contributed by atoms with E-state index in [2.05, 4.69) is 0 Å². The van der Waals surface area contributed by atoms with Crippen LogP contribution in [0.1, 0.15) is 20.3 Å². The zero-order valence-corrected chi connectivity index (χ0v) is 11.2. The van der Waals surface area contributed by atoms with Crippen molar-refractivity contribution in [2.24, 2.45) is 5.73 Å². The summed E-state index contributed by atoms with van der Waals surface area (Å²) < 4.78 is 33.3. The van der Waals surface area contributed by atoms with Crippen LogP contribution in [0.15, 0.2) is 0 Å². The number of rotatable bonds is 2. The Morgan fingerprint density at radius 1 is 1.29 bits per heavy atom. The molecule has 0 radical (unpaired) electrons. The monoisotopic (exact) mass is 263 g/mol. The van der Waals surface area contributed by atoms with Crippen LogP contribution < -0.4 is 5.73 Å². The van der Waals surface area contributed by atoms with Crippen LogP contribution in [0.5, 0.6) is 0 Å². The van der Waals surface area contributed by atoms with Crippen molar-refractivity contribution in [2.75, 3.05) is 26.2 Å². The summed E-state index contributed by atoms with van der Waals surface area (Å²) in [7, 11) is -3.37. The maximum absolute atomic E-state index is 12.4. The lowest BCUT2D eigenvalue weighted by Crippen LogP contribution is -2.54. The number of hydrogen-bond acceptors (Lipinski definition) is 4. The van der Waals surface area contributed by atoms with Crippen LogP contribution in [0.4, 0.5) is 0 Å². The predicted octanol–water partition coefficient (Wildman–Crippen LogP) is -0.627. The highest BCUT2D eigenvalue weighted by molar-refractivity contribution is 7.86. The summed E-state index contributed by atoms with van der Waals surface area (Å²) in [6, 6.07) is -0.133. The number of morpholine rings is 1. The Labute approximate surface area is 103 Å². The third-order valence-corrected chi connectivity index (χ3v) is 5.45. The molecule has 0 unspecified atom stereocenters. The smallest absolute Gasteiger partial charge is 0.282 e. The minimum Gasteiger partial charge on any atom is -0.375 e. The fourth-order valence-corrected chi connectivity index (χ4v) is 4.23. The van der Waals surface area contributed by atoms with Gasteiger partial charge >= 0.3 is 0 Å². The van der Waals surface area contributed by atoms with Gasteiger partial charge in [-0.2, -0.15) is 17.0 Å². The number of nitrogens with two attached hydrogens (primary N) is 1. The Hall–Kier alpha value is -0.210. The zero-order valence-electron chi connectivity index (χ0n) is 10.4. The molecule has 0 aromatic heterocycles. The maximum atomic E-state index is 12.4. The molecule has 3 atom stereocenters. The zero-order chi connectivity index (χ0) is 12.6. The van der Waals surface area contributed by atoms with E-state index in [1.54, 1.807) is 4.31 Å². The predicted molar refractivity (Wildman–Crippen MR) is 64.7 cm³/mol. The van der Waals surface area contributed by atoms with E-state index in [0.29, 0.717) is 26.2 Å². The van der Waals surface area contributed by atoms with Gasteiger partial charge in [-0.3, -0.25) is 0 Å². The van der Waals surface area contributed by atoms with Gasteiger partial charge < -0.3 is 10.5 Å². The first-order valence-corrected chi connectivity index (χ1v) is 7.45. The van der Waals surface area contributed by atoms with Crippen molar-refractivity contribution in [1.29, 1.82) is 0 Å². The van der Waals surface area contributed by atoms with Gasteiger partial charge in [0.25, 0.3) is 10.2 Å². The Kier molecular flexibility index (Phi) is 3.74. The molecular weight excluding hydrogens is 242 g/mol. The van der Waals surface area contributed by atoms with Crippen LogP contribution in [0.3, 0.4) is 0 Å². The molecule has 2 aliphatic heterocycles. The lowest BCUT2D eigenvalue weighted by Gasteiger charge is -2.37. The first-order valence-electron chi connectivity index (χ1n) is 6.05. The van der Waals surface area contributed by atoms with Crippen LogP contribution >= 0.6 is 0 Å². The van der Waals surface area contributed by atoms with Gasteiger partial charge in [0.2, 0.25) is 0 Å². The molecule has 0 saturated carbocycles. The molecule has 6 nitrogen and oxygen atoms in total. The lowest BCUT2D eigenvalue weighted by molar-refractivity contribution is -0.0188. The van der Waals surface area contributed by atoms with Gasteiger partial charge in [0.05, 0.1) is 12.7 Å². The van der Waals surface area contributed by atoms with Crippen molar-refractivity contribution in [1.82, 2.24) is 8.61 Å². The molecule has 100 valence electrons. The summed E-state index contributed by atoms with van der Waals surface area (Å²) >= 11 is 0. The molecule has 2 N–H and O–H groups in total. The van der Waals surface area contributed by atoms with Crippen molar-refractivity contribution in [3.8, 4) is 0 Å². The molecule has 0 bridgehead atoms. The van der Waals surface area contributed by atoms with Crippen molar-refractivity contribution >= 4 is 10.2 Å². The van der Waals surface area contributed by atoms with Gasteiger partial charge in [-0.1, -0.05) is 0 Å². The summed E-state index contributed by atoms with van der Waals surface area (Å²) in [6.45, 7) is 5.61. The van der Waals surface area contributed by atoms with Crippen LogP contribution in [-0.4, -0.2) is 61.5 Å². The van der Waals surface area contributed by atoms with Crippen molar-refractivity contribution in [3.05, 3.63) is 0 Å². The second-order valence-corrected chi connectivity index (χ2v) is 6.86. The second kappa shape index (κ2) is 4.81. The summed E-state index contributed by atoms with van der Waals surface area (Å²) in [4.78, 5) is 0. The van der Waals surface area contributed by atoms with E-state index in [-0.39, 0.29) is 18.2 Å². The van der Waals surface area contributed by atoms with E-state index in [0.717, 1.165) is 6.42 Å². The third-order valence-electron chi connectivity index (χ3n) is 3.36. The van der Waals surface area contributed by atoms with Crippen molar-refractivity contribution in [2.45, 2.75) is 38.5 Å². The number of nitrogens with zero attached hydrogens (tertiary/aromatic N) is 2. The SMILES string of the molecule is C[C@@H]1CN(S(=O)(=O)N2CC[C@H](N)C2)[C@H](C)CO1. The second-order valence-electron chi connectivity index (χ2n) is 4.98. The standard InChI is InChI=1S/C10H21N3O3S/c1-8-7-16-9(2)5-13(8)17(14,15)12-4-3-10(11)6-12/h8-10H,3-7,11H2,1-2H3/t8-,9-,10+/m1/s1. The number of hydrogen-bond donors (Lipinski definition) is 1. The molecule has 2 rings (SSSR count). The molecule has 0 aromatic rings. The van der Waals surface area contributed by atoms with E-state index in [1.165, 1.54) is 4.31 Å². The summed E-state index contributed by atoms with van der Waals surface area (Å²) in [6.07, 6.45) is 0.699. The highest BCUT2D eigenvalue weighted by atomic mass is 32.2. The largest absolute Gasteiger partial charge is 0.375 e. The molecule has 0 spiro atoms. The van der Waals surface area contributed by atoms with Crippen molar-refractivity contribution < 1.29 is 13.2 Å². The van der Waals surface area contributed by atoms with Gasteiger partial charge in [0, 0.05) is 31.7 Å². The summed E-state index contributed by atoms with van der Waals surface area (Å²) in [5.74, 6) is 0. The average molecular weight is 263 g/mol. The highest BCUT2D eigenvalue weighted by Crippen LogP contribution is 2.21. The minimum absolute atomic E-state index is 0.0291. The van der Waals surface area contributed by atoms with Crippen molar-refractivity contribution in [3.63, 3.8) is 0 Å². The molecule has 0 aromatic carbocycles. The molecule has 7 heteroatoms. The fraction of sp³-hybridized carbons (Fsp3) is 1.00. The third kappa shape index (κ3) is 2.63. The van der Waals surface area contributed by atoms with Crippen LogP contribution in [-0.2, 0) is 14.9 Å². The fourth-order valence-electron chi connectivity index (χ4n) is 2.31. The van der Waals surface area contributed by atoms with Gasteiger partial charge in [-0.15, -0.1) is 0 Å². The van der Waals surface area contributed by atoms with E-state index < -0.39 is 10.2 Å². The van der Waals surface area contributed by atoms with E-state index in [4.69, 9.17) is 10.5 Å². The molecule has 0 aliphatic carbocycles. The van der Waals surface area contributed by atoms with E-state index >= 15 is 0 Å². The quantitative estimate of drug-likeness (QED) is 0.720. The molecule has 2 saturated heterocycles. The molecule has 17 heavy (non-hydrogen) atoms. The van der Waals surface area contributed by atoms with Crippen LogP contribution in [0.25, 0.3) is 0 Å². The van der Waals surface area contributed by atoms with Crippen LogP contribution in [0.2, 0.25) is 0 Å². The molecule has 2 fully saturated rings. The van der Waals surface area contributed by atoms with Gasteiger partial charge in [-0.25, -0.2) is 0 Å². The van der Waals surface area contributed by atoms with Gasteiger partial charge in [-0.05, 0) is 20.3 Å². The molecule has 2 heterocycles. The Morgan fingerprint density at radius 2 is 2.00 bits per heavy atom. The Morgan fingerprint density at radius 3 is 2.59 bits per heavy atom. The Balaban J connectivity index is 2.13. The lowest BCUT2D eigenvalue weighted by atomic mass is 10.2. The minimum atomic E-state index is -3.37. The molecule has 0 amide bonds. The Bertz CT molecular complexity index is 373. The topological polar surface area (TPSA) is 75.9 Å². The first kappa shape index (κ1) is 13.2. The first-order chi connectivity index (χ1) is 7.91. The molecule has 2 aliphatic rings. The maximum Gasteiger partial charge on any atom is 0.282 e. The van der Waals surface area contributed by atoms with Gasteiger partial charge in [0.1, 0.15) is 0 Å². The average Bonchev–Trinajstić information content (AvgIpc) is 2.69. The normalized spacial score (nSPS) is 37.5. The van der Waals surface area contributed by atoms with E-state index in [1.807, 2.05) is 13.8 Å². The van der Waals surface area contributed by atoms with E-state index in [9.17, 15) is 8.42 Å². The summed E-state index contributed by atoms with van der Waals surface area (Å²) in [5.41, 5.74) is 5.76. The van der Waals surface area contributed by atoms with Gasteiger partial charge in [0.15, 0.2) is 0 Å².